The van der Waals surface area contributed by atoms with E-state index in [9.17, 15) is 18.0 Å². The Morgan fingerprint density at radius 3 is 2.73 bits per heavy atom. The van der Waals surface area contributed by atoms with Gasteiger partial charge in [0, 0.05) is 51.2 Å². The third kappa shape index (κ3) is 4.06. The molecule has 3 heterocycles. The van der Waals surface area contributed by atoms with Crippen molar-refractivity contribution in [3.8, 4) is 0 Å². The van der Waals surface area contributed by atoms with E-state index >= 15 is 0 Å². The van der Waals surface area contributed by atoms with Crippen molar-refractivity contribution in [2.45, 2.75) is 70.3 Å². The normalized spacial score (nSPS) is 32.8. The van der Waals surface area contributed by atoms with Gasteiger partial charge in [-0.15, -0.1) is 0 Å². The van der Waals surface area contributed by atoms with E-state index in [4.69, 9.17) is 15.2 Å². The second-order valence-electron chi connectivity index (χ2n) is 10.2. The van der Waals surface area contributed by atoms with Crippen LogP contribution in [0, 0.1) is 17.3 Å². The molecular formula is C24H34F3N3O3. The largest absolute Gasteiger partial charge is 0.417 e. The number of amides is 1. The monoisotopic (exact) mass is 469 g/mol. The number of methoxy groups -OCH3 is 1. The zero-order valence-electron chi connectivity index (χ0n) is 19.6. The molecule has 4 rings (SSSR count). The summed E-state index contributed by atoms with van der Waals surface area (Å²) in [5.41, 5.74) is 5.06. The number of pyridine rings is 1. The summed E-state index contributed by atoms with van der Waals surface area (Å²) in [5, 5.41) is 0. The standard InChI is InChI=1S/C24H34F3N3O3/c1-15(2)16-4-7-22(11-16,23(32-3)14-33-9-6-20(23)28)21(31)30-8-5-19-17(13-30)10-18(12-29-19)24(25,26)27/h10,12,15-16,20H,4-9,11,13-14,28H2,1-3H3/t16-,20-,22-,23+/m0/s1. The van der Waals surface area contributed by atoms with E-state index < -0.39 is 22.8 Å². The minimum atomic E-state index is -4.47. The van der Waals surface area contributed by atoms with E-state index in [1.165, 1.54) is 0 Å². The van der Waals surface area contributed by atoms with Crippen molar-refractivity contribution in [3.05, 3.63) is 29.1 Å². The van der Waals surface area contributed by atoms with Gasteiger partial charge in [-0.25, -0.2) is 0 Å². The van der Waals surface area contributed by atoms with Gasteiger partial charge in [-0.2, -0.15) is 13.2 Å². The van der Waals surface area contributed by atoms with Crippen molar-refractivity contribution in [2.24, 2.45) is 23.0 Å². The van der Waals surface area contributed by atoms with Gasteiger partial charge in [-0.1, -0.05) is 13.8 Å². The Morgan fingerprint density at radius 1 is 1.36 bits per heavy atom. The van der Waals surface area contributed by atoms with Gasteiger partial charge in [-0.3, -0.25) is 9.78 Å². The number of nitrogens with zero attached hydrogens (tertiary/aromatic N) is 2. The van der Waals surface area contributed by atoms with Crippen LogP contribution in [-0.2, 0) is 33.4 Å². The maximum Gasteiger partial charge on any atom is 0.417 e. The van der Waals surface area contributed by atoms with Gasteiger partial charge in [0.15, 0.2) is 0 Å². The molecule has 2 aliphatic heterocycles. The predicted octanol–water partition coefficient (Wildman–Crippen LogP) is 3.56. The zero-order chi connectivity index (χ0) is 24.0. The molecule has 6 nitrogen and oxygen atoms in total. The summed E-state index contributed by atoms with van der Waals surface area (Å²) in [5.74, 6) is 0.650. The second-order valence-corrected chi connectivity index (χ2v) is 10.2. The molecule has 1 aromatic rings. The lowest BCUT2D eigenvalue weighted by molar-refractivity contribution is -0.203. The van der Waals surface area contributed by atoms with E-state index in [-0.39, 0.29) is 25.1 Å². The Kier molecular flexibility index (Phi) is 6.52. The summed E-state index contributed by atoms with van der Waals surface area (Å²) in [7, 11) is 1.59. The van der Waals surface area contributed by atoms with Crippen molar-refractivity contribution in [3.63, 3.8) is 0 Å². The highest BCUT2D eigenvalue weighted by molar-refractivity contribution is 5.85. The predicted molar refractivity (Wildman–Crippen MR) is 116 cm³/mol. The lowest BCUT2D eigenvalue weighted by Crippen LogP contribution is -2.69. The highest BCUT2D eigenvalue weighted by Gasteiger charge is 2.64. The molecule has 0 spiro atoms. The van der Waals surface area contributed by atoms with Gasteiger partial charge in [0.25, 0.3) is 0 Å². The van der Waals surface area contributed by atoms with Gasteiger partial charge in [0.2, 0.25) is 5.91 Å². The number of nitrogens with two attached hydrogens (primary N) is 1. The molecule has 33 heavy (non-hydrogen) atoms. The van der Waals surface area contributed by atoms with Crippen LogP contribution in [0.5, 0.6) is 0 Å². The summed E-state index contributed by atoms with van der Waals surface area (Å²) < 4.78 is 51.7. The molecule has 0 radical (unpaired) electrons. The fraction of sp³-hybridized carbons (Fsp3) is 0.750. The molecule has 1 saturated carbocycles. The van der Waals surface area contributed by atoms with E-state index in [0.717, 1.165) is 18.7 Å². The third-order valence-electron chi connectivity index (χ3n) is 8.22. The Bertz CT molecular complexity index is 893. The molecular weight excluding hydrogens is 435 g/mol. The summed E-state index contributed by atoms with van der Waals surface area (Å²) in [4.78, 5) is 20.0. The summed E-state index contributed by atoms with van der Waals surface area (Å²) in [6.07, 6.45) is -0.436. The number of fused-ring (bicyclic) bond motifs is 1. The first-order chi connectivity index (χ1) is 15.5. The van der Waals surface area contributed by atoms with Crippen LogP contribution in [0.1, 0.15) is 56.4 Å². The molecule has 2 fully saturated rings. The molecule has 3 aliphatic rings. The quantitative estimate of drug-likeness (QED) is 0.730. The minimum absolute atomic E-state index is 0.0866. The fourth-order valence-electron chi connectivity index (χ4n) is 6.14. The topological polar surface area (TPSA) is 77.7 Å². The van der Waals surface area contributed by atoms with Gasteiger partial charge < -0.3 is 20.1 Å². The van der Waals surface area contributed by atoms with Crippen LogP contribution in [0.2, 0.25) is 0 Å². The fourth-order valence-corrected chi connectivity index (χ4v) is 6.14. The molecule has 1 saturated heterocycles. The number of carbonyl (C=O) groups is 1. The molecule has 1 amide bonds. The highest BCUT2D eigenvalue weighted by atomic mass is 19.4. The highest BCUT2D eigenvalue weighted by Crippen LogP contribution is 2.56. The molecule has 184 valence electrons. The number of rotatable bonds is 4. The molecule has 1 aliphatic carbocycles. The number of carbonyl (C=O) groups excluding carboxylic acids is 1. The third-order valence-corrected chi connectivity index (χ3v) is 8.22. The zero-order valence-corrected chi connectivity index (χ0v) is 19.6. The number of alkyl halides is 3. The molecule has 0 unspecified atom stereocenters. The van der Waals surface area contributed by atoms with E-state index in [0.29, 0.717) is 61.9 Å². The Balaban J connectivity index is 1.70. The Labute approximate surface area is 193 Å². The minimum Gasteiger partial charge on any atom is -0.378 e. The van der Waals surface area contributed by atoms with Crippen LogP contribution in [0.25, 0.3) is 0 Å². The number of hydrogen-bond acceptors (Lipinski definition) is 5. The lowest BCUT2D eigenvalue weighted by atomic mass is 9.63. The molecule has 4 atom stereocenters. The Morgan fingerprint density at radius 2 is 2.12 bits per heavy atom. The molecule has 0 aromatic carbocycles. The van der Waals surface area contributed by atoms with Crippen molar-refractivity contribution in [2.75, 3.05) is 26.9 Å². The SMILES string of the molecule is CO[C@]1([C@@]2(C(=O)N3CCc4ncc(C(F)(F)F)cc4C3)CC[C@H](C(C)C)C2)COCC[C@@H]1N. The van der Waals surface area contributed by atoms with Crippen LogP contribution in [0.15, 0.2) is 12.3 Å². The average molecular weight is 470 g/mol. The number of aromatic nitrogens is 1. The van der Waals surface area contributed by atoms with Crippen molar-refractivity contribution in [1.82, 2.24) is 9.88 Å². The van der Waals surface area contributed by atoms with Crippen molar-refractivity contribution in [1.29, 1.82) is 0 Å². The molecule has 0 bridgehead atoms. The maximum atomic E-state index is 14.3. The van der Waals surface area contributed by atoms with Gasteiger partial charge in [0.05, 0.1) is 17.6 Å². The molecule has 1 aromatic heterocycles. The number of ether oxygens (including phenoxy) is 2. The summed E-state index contributed by atoms with van der Waals surface area (Å²) in [6, 6.07) is 0.767. The van der Waals surface area contributed by atoms with Crippen LogP contribution in [-0.4, -0.2) is 54.3 Å². The van der Waals surface area contributed by atoms with E-state index in [1.807, 2.05) is 0 Å². The maximum absolute atomic E-state index is 14.3. The smallest absolute Gasteiger partial charge is 0.378 e. The molecule has 9 heteroatoms. The van der Waals surface area contributed by atoms with Crippen LogP contribution >= 0.6 is 0 Å². The second kappa shape index (κ2) is 8.82. The summed E-state index contributed by atoms with van der Waals surface area (Å²) >= 11 is 0. The number of hydrogen-bond donors (Lipinski definition) is 1. The molecule has 2 N–H and O–H groups in total. The van der Waals surface area contributed by atoms with Crippen LogP contribution in [0.3, 0.4) is 0 Å². The van der Waals surface area contributed by atoms with Gasteiger partial charge in [-0.05, 0) is 49.1 Å². The first-order valence-corrected chi connectivity index (χ1v) is 11.8. The van der Waals surface area contributed by atoms with Crippen molar-refractivity contribution < 1.29 is 27.4 Å². The first kappa shape index (κ1) is 24.4. The number of halogens is 3. The summed E-state index contributed by atoms with van der Waals surface area (Å²) in [6.45, 7) is 5.59. The average Bonchev–Trinajstić information content (AvgIpc) is 3.25. The van der Waals surface area contributed by atoms with E-state index in [2.05, 4.69) is 18.8 Å². The Hall–Kier alpha value is -1.71. The van der Waals surface area contributed by atoms with Crippen LogP contribution < -0.4 is 5.73 Å². The van der Waals surface area contributed by atoms with Crippen LogP contribution in [0.4, 0.5) is 13.2 Å². The van der Waals surface area contributed by atoms with E-state index in [1.54, 1.807) is 12.0 Å². The van der Waals surface area contributed by atoms with Gasteiger partial charge in [0.1, 0.15) is 5.60 Å². The van der Waals surface area contributed by atoms with Crippen molar-refractivity contribution >= 4 is 5.91 Å². The first-order valence-electron chi connectivity index (χ1n) is 11.8. The van der Waals surface area contributed by atoms with Gasteiger partial charge >= 0.3 is 6.18 Å². The lowest BCUT2D eigenvalue weighted by Gasteiger charge is -2.53.